The standard InChI is InChI=1S/C8H13F3N2O2S/c1-7(2,6(12)16)13-5(14)3-15-4-8(9,10)11/h3-4H2,1-2H3,(H2,12,16)(H,13,14). The highest BCUT2D eigenvalue weighted by atomic mass is 32.1. The van der Waals surface area contributed by atoms with Crippen LogP contribution in [0.4, 0.5) is 13.2 Å². The van der Waals surface area contributed by atoms with Crippen LogP contribution in [0.1, 0.15) is 13.8 Å². The molecule has 94 valence electrons. The van der Waals surface area contributed by atoms with Gasteiger partial charge in [-0.15, -0.1) is 0 Å². The molecule has 0 aromatic rings. The lowest BCUT2D eigenvalue weighted by atomic mass is 10.1. The minimum Gasteiger partial charge on any atom is -0.391 e. The summed E-state index contributed by atoms with van der Waals surface area (Å²) < 4.78 is 39.2. The Morgan fingerprint density at radius 1 is 1.44 bits per heavy atom. The van der Waals surface area contributed by atoms with E-state index in [2.05, 4.69) is 22.3 Å². The van der Waals surface area contributed by atoms with E-state index in [1.54, 1.807) is 0 Å². The molecule has 0 atom stereocenters. The molecule has 0 spiro atoms. The number of halogens is 3. The summed E-state index contributed by atoms with van der Waals surface area (Å²) in [6, 6.07) is 0. The molecule has 0 aliphatic carbocycles. The average Bonchev–Trinajstić information content (AvgIpc) is 1.99. The molecule has 0 rings (SSSR count). The number of amides is 1. The number of rotatable bonds is 5. The van der Waals surface area contributed by atoms with Crippen LogP contribution in [0.15, 0.2) is 0 Å². The van der Waals surface area contributed by atoms with Crippen molar-refractivity contribution in [3.05, 3.63) is 0 Å². The number of alkyl halides is 3. The van der Waals surface area contributed by atoms with Crippen molar-refractivity contribution in [3.8, 4) is 0 Å². The smallest absolute Gasteiger partial charge is 0.391 e. The molecule has 0 fully saturated rings. The van der Waals surface area contributed by atoms with E-state index in [1.165, 1.54) is 13.8 Å². The van der Waals surface area contributed by atoms with Gasteiger partial charge in [-0.3, -0.25) is 4.79 Å². The summed E-state index contributed by atoms with van der Waals surface area (Å²) in [5.74, 6) is -0.706. The van der Waals surface area contributed by atoms with Crippen LogP contribution in [-0.2, 0) is 9.53 Å². The van der Waals surface area contributed by atoms with Gasteiger partial charge in [0, 0.05) is 0 Å². The van der Waals surface area contributed by atoms with Crippen LogP contribution in [0.5, 0.6) is 0 Å². The van der Waals surface area contributed by atoms with Crippen LogP contribution in [0.3, 0.4) is 0 Å². The third-order valence-electron chi connectivity index (χ3n) is 1.57. The van der Waals surface area contributed by atoms with Gasteiger partial charge in [0.1, 0.15) is 13.2 Å². The Labute approximate surface area is 96.3 Å². The van der Waals surface area contributed by atoms with E-state index in [0.717, 1.165) is 0 Å². The summed E-state index contributed by atoms with van der Waals surface area (Å²) >= 11 is 4.66. The Kier molecular flexibility index (Phi) is 5.14. The first-order valence-corrected chi connectivity index (χ1v) is 4.71. The van der Waals surface area contributed by atoms with E-state index in [9.17, 15) is 18.0 Å². The lowest BCUT2D eigenvalue weighted by molar-refractivity contribution is -0.175. The van der Waals surface area contributed by atoms with Crippen molar-refractivity contribution in [2.45, 2.75) is 25.6 Å². The number of ether oxygens (including phenoxy) is 1. The fourth-order valence-electron chi connectivity index (χ4n) is 0.706. The van der Waals surface area contributed by atoms with E-state index in [4.69, 9.17) is 5.73 Å². The van der Waals surface area contributed by atoms with Crippen LogP contribution >= 0.6 is 12.2 Å². The van der Waals surface area contributed by atoms with Crippen molar-refractivity contribution in [1.82, 2.24) is 5.32 Å². The largest absolute Gasteiger partial charge is 0.411 e. The number of hydrogen-bond acceptors (Lipinski definition) is 3. The molecule has 0 saturated heterocycles. The van der Waals surface area contributed by atoms with Gasteiger partial charge in [-0.1, -0.05) is 12.2 Å². The fourth-order valence-corrected chi connectivity index (χ4v) is 0.757. The molecule has 0 aliphatic heterocycles. The second-order valence-electron chi connectivity index (χ2n) is 3.65. The lowest BCUT2D eigenvalue weighted by Gasteiger charge is -2.24. The summed E-state index contributed by atoms with van der Waals surface area (Å²) in [6.07, 6.45) is -4.45. The zero-order chi connectivity index (χ0) is 13.0. The SMILES string of the molecule is CC(C)(NC(=O)COCC(F)(F)F)C(N)=S. The monoisotopic (exact) mass is 258 g/mol. The lowest BCUT2D eigenvalue weighted by Crippen LogP contribution is -2.53. The van der Waals surface area contributed by atoms with Gasteiger partial charge in [0.2, 0.25) is 5.91 Å². The Morgan fingerprint density at radius 2 is 1.94 bits per heavy atom. The molecule has 0 aliphatic rings. The summed E-state index contributed by atoms with van der Waals surface area (Å²) in [5.41, 5.74) is 4.36. The molecule has 0 unspecified atom stereocenters. The highest BCUT2D eigenvalue weighted by Crippen LogP contribution is 2.14. The Hall–Kier alpha value is -0.890. The minimum atomic E-state index is -4.45. The van der Waals surface area contributed by atoms with Crippen molar-refractivity contribution in [2.75, 3.05) is 13.2 Å². The van der Waals surface area contributed by atoms with Gasteiger partial charge in [-0.05, 0) is 13.8 Å². The van der Waals surface area contributed by atoms with Crippen LogP contribution in [0.2, 0.25) is 0 Å². The van der Waals surface area contributed by atoms with Crippen molar-refractivity contribution in [2.24, 2.45) is 5.73 Å². The predicted octanol–water partition coefficient (Wildman–Crippen LogP) is 0.746. The topological polar surface area (TPSA) is 64.3 Å². The molecule has 3 N–H and O–H groups in total. The molecule has 0 aromatic heterocycles. The van der Waals surface area contributed by atoms with Gasteiger partial charge in [0.05, 0.1) is 10.5 Å². The van der Waals surface area contributed by atoms with Crippen molar-refractivity contribution < 1.29 is 22.7 Å². The molecule has 0 bridgehead atoms. The first kappa shape index (κ1) is 15.1. The number of nitrogens with two attached hydrogens (primary N) is 1. The minimum absolute atomic E-state index is 0.0386. The van der Waals surface area contributed by atoms with Gasteiger partial charge in [-0.25, -0.2) is 0 Å². The summed E-state index contributed by atoms with van der Waals surface area (Å²) in [5, 5.41) is 2.34. The van der Waals surface area contributed by atoms with Gasteiger partial charge < -0.3 is 15.8 Å². The maximum atomic E-state index is 11.7. The first-order valence-electron chi connectivity index (χ1n) is 4.30. The maximum Gasteiger partial charge on any atom is 0.411 e. The number of carbonyl (C=O) groups excluding carboxylic acids is 1. The Morgan fingerprint density at radius 3 is 2.31 bits per heavy atom. The van der Waals surface area contributed by atoms with Gasteiger partial charge in [0.15, 0.2) is 0 Å². The van der Waals surface area contributed by atoms with E-state index >= 15 is 0 Å². The second-order valence-corrected chi connectivity index (χ2v) is 4.09. The Bertz CT molecular complexity index is 279. The van der Waals surface area contributed by atoms with Crippen molar-refractivity contribution in [1.29, 1.82) is 0 Å². The zero-order valence-corrected chi connectivity index (χ0v) is 9.67. The van der Waals surface area contributed by atoms with Gasteiger partial charge in [-0.2, -0.15) is 13.2 Å². The number of carbonyl (C=O) groups is 1. The first-order chi connectivity index (χ1) is 7.04. The molecular formula is C8H13F3N2O2S. The fraction of sp³-hybridized carbons (Fsp3) is 0.750. The summed E-state index contributed by atoms with van der Waals surface area (Å²) in [4.78, 5) is 11.2. The third kappa shape index (κ3) is 6.57. The second kappa shape index (κ2) is 5.44. The molecule has 0 saturated carbocycles. The summed E-state index contributed by atoms with van der Waals surface area (Å²) in [6.45, 7) is 0.924. The molecule has 0 heterocycles. The van der Waals surface area contributed by atoms with E-state index in [0.29, 0.717) is 0 Å². The van der Waals surface area contributed by atoms with E-state index in [-0.39, 0.29) is 4.99 Å². The highest BCUT2D eigenvalue weighted by Gasteiger charge is 2.28. The third-order valence-corrected chi connectivity index (χ3v) is 2.08. The molecule has 0 radical (unpaired) electrons. The molecule has 4 nitrogen and oxygen atoms in total. The van der Waals surface area contributed by atoms with Crippen LogP contribution in [0, 0.1) is 0 Å². The molecular weight excluding hydrogens is 245 g/mol. The van der Waals surface area contributed by atoms with Crippen molar-refractivity contribution >= 4 is 23.1 Å². The molecule has 0 aromatic carbocycles. The predicted molar refractivity (Wildman–Crippen MR) is 55.9 cm³/mol. The van der Waals surface area contributed by atoms with Gasteiger partial charge in [0.25, 0.3) is 0 Å². The number of nitrogens with one attached hydrogen (secondary N) is 1. The molecule has 16 heavy (non-hydrogen) atoms. The van der Waals surface area contributed by atoms with Crippen LogP contribution < -0.4 is 11.1 Å². The average molecular weight is 258 g/mol. The molecule has 8 heteroatoms. The number of hydrogen-bond donors (Lipinski definition) is 2. The zero-order valence-electron chi connectivity index (χ0n) is 8.85. The van der Waals surface area contributed by atoms with E-state index in [1.807, 2.05) is 0 Å². The van der Waals surface area contributed by atoms with E-state index < -0.39 is 30.8 Å². The van der Waals surface area contributed by atoms with Crippen molar-refractivity contribution in [3.63, 3.8) is 0 Å². The summed E-state index contributed by atoms with van der Waals surface area (Å²) in [7, 11) is 0. The molecule has 1 amide bonds. The van der Waals surface area contributed by atoms with Gasteiger partial charge >= 0.3 is 6.18 Å². The Balaban J connectivity index is 3.97. The quantitative estimate of drug-likeness (QED) is 0.714. The van der Waals surface area contributed by atoms with Crippen LogP contribution in [-0.4, -0.2) is 35.8 Å². The highest BCUT2D eigenvalue weighted by molar-refractivity contribution is 7.80. The number of thiocarbonyl (C=S) groups is 1. The normalized spacial score (nSPS) is 12.3. The maximum absolute atomic E-state index is 11.7. The van der Waals surface area contributed by atoms with Crippen LogP contribution in [0.25, 0.3) is 0 Å².